The molecule has 19 heavy (non-hydrogen) atoms. The number of rotatable bonds is 9. The van der Waals surface area contributed by atoms with Crippen molar-refractivity contribution in [2.75, 3.05) is 20.3 Å². The maximum atomic E-state index is 5.85. The quantitative estimate of drug-likeness (QED) is 0.747. The van der Waals surface area contributed by atoms with Crippen LogP contribution in [0.2, 0.25) is 0 Å². The van der Waals surface area contributed by atoms with E-state index < -0.39 is 0 Å². The Kier molecular flexibility index (Phi) is 7.13. The lowest BCUT2D eigenvalue weighted by Crippen LogP contribution is -2.35. The minimum absolute atomic E-state index is 0.400. The highest BCUT2D eigenvalue weighted by Gasteiger charge is 2.14. The molecule has 0 radical (unpaired) electrons. The first-order valence-corrected chi connectivity index (χ1v) is 7.10. The molecule has 0 aliphatic heterocycles. The van der Waals surface area contributed by atoms with Crippen molar-refractivity contribution < 1.29 is 9.15 Å². The summed E-state index contributed by atoms with van der Waals surface area (Å²) in [6, 6.07) is 5.00. The van der Waals surface area contributed by atoms with Crippen LogP contribution < -0.4 is 5.32 Å². The highest BCUT2D eigenvalue weighted by atomic mass is 16.5. The fourth-order valence-electron chi connectivity index (χ4n) is 2.03. The SMILES string of the molecule is CCN(Cc1ccc(CNC(C)C)o1)C(C)COC. The number of hydrogen-bond acceptors (Lipinski definition) is 4. The van der Waals surface area contributed by atoms with Gasteiger partial charge in [0.05, 0.1) is 19.7 Å². The first-order chi connectivity index (χ1) is 9.06. The van der Waals surface area contributed by atoms with E-state index in [-0.39, 0.29) is 0 Å². The van der Waals surface area contributed by atoms with E-state index >= 15 is 0 Å². The van der Waals surface area contributed by atoms with Gasteiger partial charge >= 0.3 is 0 Å². The van der Waals surface area contributed by atoms with E-state index in [2.05, 4.69) is 50.0 Å². The van der Waals surface area contributed by atoms with Gasteiger partial charge in [0.25, 0.3) is 0 Å². The van der Waals surface area contributed by atoms with Gasteiger partial charge in [-0.25, -0.2) is 0 Å². The van der Waals surface area contributed by atoms with Crippen molar-refractivity contribution in [3.05, 3.63) is 23.7 Å². The zero-order chi connectivity index (χ0) is 14.3. The van der Waals surface area contributed by atoms with E-state index in [4.69, 9.17) is 9.15 Å². The number of nitrogens with one attached hydrogen (secondary N) is 1. The van der Waals surface area contributed by atoms with Crippen LogP contribution in [0.1, 0.15) is 39.2 Å². The van der Waals surface area contributed by atoms with Crippen molar-refractivity contribution in [3.63, 3.8) is 0 Å². The minimum Gasteiger partial charge on any atom is -0.463 e. The molecule has 110 valence electrons. The number of likely N-dealkylation sites (N-methyl/N-ethyl adjacent to an activating group) is 1. The van der Waals surface area contributed by atoms with Gasteiger partial charge in [-0.1, -0.05) is 20.8 Å². The monoisotopic (exact) mass is 268 g/mol. The maximum Gasteiger partial charge on any atom is 0.118 e. The molecule has 0 amide bonds. The first kappa shape index (κ1) is 16.2. The van der Waals surface area contributed by atoms with Crippen LogP contribution >= 0.6 is 0 Å². The largest absolute Gasteiger partial charge is 0.463 e. The number of hydrogen-bond donors (Lipinski definition) is 1. The van der Waals surface area contributed by atoms with Crippen molar-refractivity contribution in [2.24, 2.45) is 0 Å². The van der Waals surface area contributed by atoms with E-state index in [9.17, 15) is 0 Å². The Morgan fingerprint density at radius 3 is 2.53 bits per heavy atom. The Morgan fingerprint density at radius 1 is 1.26 bits per heavy atom. The molecule has 0 fully saturated rings. The molecule has 0 aliphatic rings. The third-order valence-electron chi connectivity index (χ3n) is 3.20. The normalized spacial score (nSPS) is 13.4. The maximum absolute atomic E-state index is 5.85. The number of ether oxygens (including phenoxy) is 1. The predicted molar refractivity (Wildman–Crippen MR) is 78.1 cm³/mol. The zero-order valence-electron chi connectivity index (χ0n) is 12.9. The third-order valence-corrected chi connectivity index (χ3v) is 3.20. The highest BCUT2D eigenvalue weighted by molar-refractivity contribution is 5.07. The van der Waals surface area contributed by atoms with Crippen LogP contribution in [-0.4, -0.2) is 37.2 Å². The summed E-state index contributed by atoms with van der Waals surface area (Å²) in [5, 5.41) is 3.36. The second-order valence-electron chi connectivity index (χ2n) is 5.27. The molecular formula is C15H28N2O2. The minimum atomic E-state index is 0.400. The molecule has 1 heterocycles. The Hall–Kier alpha value is -0.840. The number of methoxy groups -OCH3 is 1. The summed E-state index contributed by atoms with van der Waals surface area (Å²) in [6.07, 6.45) is 0. The van der Waals surface area contributed by atoms with Gasteiger partial charge in [-0.15, -0.1) is 0 Å². The molecular weight excluding hydrogens is 240 g/mol. The Bertz CT molecular complexity index is 350. The summed E-state index contributed by atoms with van der Waals surface area (Å²) < 4.78 is 11.1. The van der Waals surface area contributed by atoms with Gasteiger partial charge in [0.15, 0.2) is 0 Å². The van der Waals surface area contributed by atoms with E-state index in [1.807, 2.05) is 0 Å². The second kappa shape index (κ2) is 8.35. The average molecular weight is 268 g/mol. The van der Waals surface area contributed by atoms with E-state index in [0.717, 1.165) is 37.8 Å². The van der Waals surface area contributed by atoms with Crippen molar-refractivity contribution in [1.82, 2.24) is 10.2 Å². The number of nitrogens with zero attached hydrogens (tertiary/aromatic N) is 1. The molecule has 4 heteroatoms. The fraction of sp³-hybridized carbons (Fsp3) is 0.733. The van der Waals surface area contributed by atoms with Gasteiger partial charge in [-0.3, -0.25) is 4.90 Å². The summed E-state index contributed by atoms with van der Waals surface area (Å²) in [5.41, 5.74) is 0. The second-order valence-corrected chi connectivity index (χ2v) is 5.27. The van der Waals surface area contributed by atoms with Crippen LogP contribution in [0, 0.1) is 0 Å². The lowest BCUT2D eigenvalue weighted by molar-refractivity contribution is 0.0933. The van der Waals surface area contributed by atoms with Crippen LogP contribution in [0.4, 0.5) is 0 Å². The average Bonchev–Trinajstić information content (AvgIpc) is 2.81. The molecule has 0 saturated heterocycles. The molecule has 1 aromatic heterocycles. The van der Waals surface area contributed by atoms with Crippen LogP contribution in [-0.2, 0) is 17.8 Å². The Balaban J connectivity index is 2.51. The summed E-state index contributed by atoms with van der Waals surface area (Å²) >= 11 is 0. The van der Waals surface area contributed by atoms with Crippen LogP contribution in [0.25, 0.3) is 0 Å². The van der Waals surface area contributed by atoms with Crippen molar-refractivity contribution >= 4 is 0 Å². The van der Waals surface area contributed by atoms with E-state index in [1.54, 1.807) is 7.11 Å². The number of furan rings is 1. The molecule has 1 atom stereocenters. The van der Waals surface area contributed by atoms with Gasteiger partial charge in [-0.2, -0.15) is 0 Å². The summed E-state index contributed by atoms with van der Waals surface area (Å²) in [7, 11) is 1.74. The summed E-state index contributed by atoms with van der Waals surface area (Å²) in [5.74, 6) is 2.02. The van der Waals surface area contributed by atoms with Crippen LogP contribution in [0.15, 0.2) is 16.5 Å². The fourth-order valence-corrected chi connectivity index (χ4v) is 2.03. The Morgan fingerprint density at radius 2 is 1.95 bits per heavy atom. The highest BCUT2D eigenvalue weighted by Crippen LogP contribution is 2.13. The lowest BCUT2D eigenvalue weighted by Gasteiger charge is -2.26. The molecule has 0 spiro atoms. The standard InChI is InChI=1S/C15H28N2O2/c1-6-17(13(4)11-18-5)10-15-8-7-14(19-15)9-16-12(2)3/h7-8,12-13,16H,6,9-11H2,1-5H3. The summed E-state index contributed by atoms with van der Waals surface area (Å²) in [6.45, 7) is 12.0. The summed E-state index contributed by atoms with van der Waals surface area (Å²) in [4.78, 5) is 2.35. The lowest BCUT2D eigenvalue weighted by atomic mass is 10.2. The predicted octanol–water partition coefficient (Wildman–Crippen LogP) is 2.63. The molecule has 1 rings (SSSR count). The third kappa shape index (κ3) is 5.76. The van der Waals surface area contributed by atoms with Crippen molar-refractivity contribution in [2.45, 2.75) is 52.9 Å². The molecule has 1 aromatic rings. The first-order valence-electron chi connectivity index (χ1n) is 7.10. The molecule has 1 unspecified atom stereocenters. The van der Waals surface area contributed by atoms with Gasteiger partial charge in [-0.05, 0) is 25.6 Å². The molecule has 0 saturated carbocycles. The van der Waals surface area contributed by atoms with Gasteiger partial charge < -0.3 is 14.5 Å². The van der Waals surface area contributed by atoms with Crippen molar-refractivity contribution in [1.29, 1.82) is 0 Å². The molecule has 1 N–H and O–H groups in total. The van der Waals surface area contributed by atoms with Crippen LogP contribution in [0.5, 0.6) is 0 Å². The molecule has 0 bridgehead atoms. The van der Waals surface area contributed by atoms with Gasteiger partial charge in [0.1, 0.15) is 11.5 Å². The molecule has 0 aromatic carbocycles. The van der Waals surface area contributed by atoms with E-state index in [1.165, 1.54) is 0 Å². The van der Waals surface area contributed by atoms with Gasteiger partial charge in [0, 0.05) is 19.2 Å². The van der Waals surface area contributed by atoms with Crippen molar-refractivity contribution in [3.8, 4) is 0 Å². The molecule has 4 nitrogen and oxygen atoms in total. The topological polar surface area (TPSA) is 37.6 Å². The zero-order valence-corrected chi connectivity index (χ0v) is 12.9. The van der Waals surface area contributed by atoms with Crippen LogP contribution in [0.3, 0.4) is 0 Å². The molecule has 0 aliphatic carbocycles. The smallest absolute Gasteiger partial charge is 0.118 e. The van der Waals surface area contributed by atoms with Gasteiger partial charge in [0.2, 0.25) is 0 Å². The Labute approximate surface area is 117 Å². The van der Waals surface area contributed by atoms with E-state index in [0.29, 0.717) is 12.1 Å².